The second-order valence-corrected chi connectivity index (χ2v) is 8.66. The van der Waals surface area contributed by atoms with E-state index in [0.29, 0.717) is 10.7 Å². The topological polar surface area (TPSA) is 106 Å². The lowest BCUT2D eigenvalue weighted by Gasteiger charge is -2.20. The number of nitrogens with zero attached hydrogens (tertiary/aromatic N) is 2. The summed E-state index contributed by atoms with van der Waals surface area (Å²) in [4.78, 5) is 28.3. The van der Waals surface area contributed by atoms with Gasteiger partial charge in [-0.25, -0.2) is 18.2 Å². The second kappa shape index (κ2) is 9.59. The number of halogens is 1. The lowest BCUT2D eigenvalue weighted by molar-refractivity contribution is -0.119. The number of hydrogen-bond donors (Lipinski definition) is 1. The van der Waals surface area contributed by atoms with Crippen molar-refractivity contribution in [1.29, 1.82) is 0 Å². The molecule has 0 atom stereocenters. The quantitative estimate of drug-likeness (QED) is 0.543. The second-order valence-electron chi connectivity index (χ2n) is 6.29. The number of hydrogen-bond acceptors (Lipinski definition) is 6. The predicted octanol–water partition coefficient (Wildman–Crippen LogP) is 3.36. The molecule has 0 spiro atoms. The van der Waals surface area contributed by atoms with E-state index < -0.39 is 28.5 Å². The summed E-state index contributed by atoms with van der Waals surface area (Å²) in [6, 6.07) is 17.1. The van der Waals surface area contributed by atoms with Crippen molar-refractivity contribution in [3.8, 4) is 0 Å². The largest absolute Gasteiger partial charge is 0.452 e. The summed E-state index contributed by atoms with van der Waals surface area (Å²) >= 11 is 5.73. The Morgan fingerprint density at radius 1 is 1.03 bits per heavy atom. The lowest BCUT2D eigenvalue weighted by Crippen LogP contribution is -2.29. The zero-order valence-electron chi connectivity index (χ0n) is 16.4. The van der Waals surface area contributed by atoms with E-state index in [0.717, 1.165) is 4.31 Å². The van der Waals surface area contributed by atoms with Crippen molar-refractivity contribution in [2.75, 3.05) is 23.3 Å². The molecule has 8 nitrogen and oxygen atoms in total. The van der Waals surface area contributed by atoms with Crippen molar-refractivity contribution >= 4 is 45.0 Å². The number of rotatable bonds is 7. The molecule has 2 aromatic carbocycles. The summed E-state index contributed by atoms with van der Waals surface area (Å²) in [5.41, 5.74) is 0.253. The highest BCUT2D eigenvalue weighted by molar-refractivity contribution is 7.92. The number of ether oxygens (including phenoxy) is 1. The first-order chi connectivity index (χ1) is 14.8. The highest BCUT2D eigenvalue weighted by atomic mass is 35.5. The minimum absolute atomic E-state index is 0.178. The van der Waals surface area contributed by atoms with Crippen LogP contribution in [0, 0.1) is 0 Å². The summed E-state index contributed by atoms with van der Waals surface area (Å²) in [6.07, 6.45) is 1.35. The van der Waals surface area contributed by atoms with Crippen LogP contribution >= 0.6 is 11.6 Å². The fourth-order valence-corrected chi connectivity index (χ4v) is 4.11. The molecule has 10 heteroatoms. The molecule has 0 saturated carbocycles. The zero-order valence-corrected chi connectivity index (χ0v) is 17.9. The Balaban J connectivity index is 1.74. The van der Waals surface area contributed by atoms with Crippen LogP contribution in [0.3, 0.4) is 0 Å². The van der Waals surface area contributed by atoms with E-state index >= 15 is 0 Å². The van der Waals surface area contributed by atoms with Gasteiger partial charge in [-0.05, 0) is 36.4 Å². The first-order valence-corrected chi connectivity index (χ1v) is 10.8. The van der Waals surface area contributed by atoms with E-state index in [1.54, 1.807) is 36.4 Å². The molecular weight excluding hydrogens is 442 g/mol. The molecule has 0 fully saturated rings. The van der Waals surface area contributed by atoms with Crippen LogP contribution in [-0.4, -0.2) is 38.9 Å². The molecule has 1 N–H and O–H groups in total. The number of esters is 1. The summed E-state index contributed by atoms with van der Waals surface area (Å²) < 4.78 is 32.3. The van der Waals surface area contributed by atoms with E-state index in [2.05, 4.69) is 10.3 Å². The van der Waals surface area contributed by atoms with Gasteiger partial charge in [0.1, 0.15) is 10.7 Å². The number of anilines is 2. The number of carbonyl (C=O) groups is 2. The maximum atomic E-state index is 13.1. The van der Waals surface area contributed by atoms with Gasteiger partial charge in [-0.3, -0.25) is 9.10 Å². The average molecular weight is 460 g/mol. The van der Waals surface area contributed by atoms with Crippen LogP contribution in [0.2, 0.25) is 5.02 Å². The average Bonchev–Trinajstić information content (AvgIpc) is 2.79. The van der Waals surface area contributed by atoms with Gasteiger partial charge in [0, 0.05) is 13.2 Å². The molecule has 0 aliphatic rings. The zero-order chi connectivity index (χ0) is 22.4. The van der Waals surface area contributed by atoms with Crippen LogP contribution in [0.4, 0.5) is 11.5 Å². The minimum atomic E-state index is -4.05. The van der Waals surface area contributed by atoms with Crippen molar-refractivity contribution in [1.82, 2.24) is 4.98 Å². The molecule has 0 radical (unpaired) electrons. The highest BCUT2D eigenvalue weighted by Gasteiger charge is 2.27. The maximum absolute atomic E-state index is 13.1. The smallest absolute Gasteiger partial charge is 0.340 e. The van der Waals surface area contributed by atoms with Crippen molar-refractivity contribution in [3.63, 3.8) is 0 Å². The molecular formula is C21H18ClN3O5S. The normalized spacial score (nSPS) is 10.9. The number of amides is 1. The molecule has 1 amide bonds. The number of pyridine rings is 1. The Kier molecular flexibility index (Phi) is 6.88. The third-order valence-corrected chi connectivity index (χ3v) is 6.26. The Labute approximate surface area is 184 Å². The molecule has 160 valence electrons. The van der Waals surface area contributed by atoms with Crippen LogP contribution in [0.1, 0.15) is 10.4 Å². The number of benzene rings is 2. The fourth-order valence-electron chi connectivity index (χ4n) is 2.62. The van der Waals surface area contributed by atoms with Gasteiger partial charge in [0.15, 0.2) is 6.61 Å². The summed E-state index contributed by atoms with van der Waals surface area (Å²) in [6.45, 7) is -0.619. The number of carbonyl (C=O) groups excluding carboxylic acids is 2. The molecule has 3 aromatic rings. The van der Waals surface area contributed by atoms with Gasteiger partial charge in [-0.1, -0.05) is 41.9 Å². The van der Waals surface area contributed by atoms with Gasteiger partial charge < -0.3 is 10.1 Å². The van der Waals surface area contributed by atoms with Crippen LogP contribution < -0.4 is 9.62 Å². The van der Waals surface area contributed by atoms with Crippen molar-refractivity contribution in [2.24, 2.45) is 0 Å². The molecule has 0 unspecified atom stereocenters. The molecule has 3 rings (SSSR count). The number of sulfonamides is 1. The molecule has 0 saturated heterocycles. The molecule has 1 aromatic heterocycles. The maximum Gasteiger partial charge on any atom is 0.340 e. The summed E-state index contributed by atoms with van der Waals surface area (Å²) in [5.74, 6) is -1.34. The third-order valence-electron chi connectivity index (χ3n) is 4.19. The van der Waals surface area contributed by atoms with Gasteiger partial charge in [0.25, 0.3) is 15.9 Å². The Morgan fingerprint density at radius 3 is 2.39 bits per heavy atom. The standard InChI is InChI=1S/C21H18ClN3O5S/c1-25(16-7-3-2-4-8-16)31(28,29)18-10-6-5-9-17(18)21(27)30-14-20(26)24-19-12-11-15(22)13-23-19/h2-13H,14H2,1H3,(H,23,24,26). The Hall–Kier alpha value is -3.43. The molecule has 1 heterocycles. The minimum Gasteiger partial charge on any atom is -0.452 e. The molecule has 0 aliphatic carbocycles. The van der Waals surface area contributed by atoms with E-state index in [9.17, 15) is 18.0 Å². The number of nitrogens with one attached hydrogen (secondary N) is 1. The van der Waals surface area contributed by atoms with Gasteiger partial charge in [-0.15, -0.1) is 0 Å². The SMILES string of the molecule is CN(c1ccccc1)S(=O)(=O)c1ccccc1C(=O)OCC(=O)Nc1ccc(Cl)cn1. The third kappa shape index (κ3) is 5.39. The Morgan fingerprint density at radius 2 is 1.71 bits per heavy atom. The first kappa shape index (κ1) is 22.3. The van der Waals surface area contributed by atoms with E-state index in [-0.39, 0.29) is 16.3 Å². The van der Waals surface area contributed by atoms with Crippen LogP contribution in [0.5, 0.6) is 0 Å². The monoisotopic (exact) mass is 459 g/mol. The van der Waals surface area contributed by atoms with Gasteiger partial charge in [0.05, 0.1) is 16.3 Å². The van der Waals surface area contributed by atoms with Crippen LogP contribution in [0.15, 0.2) is 77.8 Å². The van der Waals surface area contributed by atoms with E-state index in [1.165, 1.54) is 43.6 Å². The fraction of sp³-hybridized carbons (Fsp3) is 0.0952. The highest BCUT2D eigenvalue weighted by Crippen LogP contribution is 2.24. The molecule has 31 heavy (non-hydrogen) atoms. The molecule has 0 aliphatic heterocycles. The van der Waals surface area contributed by atoms with Crippen molar-refractivity contribution < 1.29 is 22.7 Å². The van der Waals surface area contributed by atoms with Crippen LogP contribution in [-0.2, 0) is 19.6 Å². The van der Waals surface area contributed by atoms with Gasteiger partial charge in [0.2, 0.25) is 0 Å². The van der Waals surface area contributed by atoms with E-state index in [4.69, 9.17) is 16.3 Å². The number of aromatic nitrogens is 1. The van der Waals surface area contributed by atoms with Gasteiger partial charge in [-0.2, -0.15) is 0 Å². The number of para-hydroxylation sites is 1. The van der Waals surface area contributed by atoms with Crippen LogP contribution in [0.25, 0.3) is 0 Å². The summed E-state index contributed by atoms with van der Waals surface area (Å²) in [7, 11) is -2.66. The first-order valence-electron chi connectivity index (χ1n) is 9.00. The predicted molar refractivity (Wildman–Crippen MR) is 117 cm³/mol. The van der Waals surface area contributed by atoms with E-state index in [1.807, 2.05) is 0 Å². The molecule has 0 bridgehead atoms. The Bertz CT molecular complexity index is 1190. The summed E-state index contributed by atoms with van der Waals surface area (Å²) in [5, 5.41) is 2.85. The van der Waals surface area contributed by atoms with Crippen molar-refractivity contribution in [2.45, 2.75) is 4.90 Å². The lowest BCUT2D eigenvalue weighted by atomic mass is 10.2. The van der Waals surface area contributed by atoms with Crippen molar-refractivity contribution in [3.05, 3.63) is 83.5 Å². The van der Waals surface area contributed by atoms with Gasteiger partial charge >= 0.3 is 5.97 Å².